The molecule has 0 unspecified atom stereocenters. The molecule has 1 N–H and O–H groups in total. The number of benzene rings is 2. The van der Waals surface area contributed by atoms with Gasteiger partial charge in [-0.3, -0.25) is 14.6 Å². The van der Waals surface area contributed by atoms with Gasteiger partial charge in [-0.2, -0.15) is 0 Å². The summed E-state index contributed by atoms with van der Waals surface area (Å²) in [5.74, 6) is 0.406. The first kappa shape index (κ1) is 20.1. The summed E-state index contributed by atoms with van der Waals surface area (Å²) < 4.78 is 13.2. The predicted molar refractivity (Wildman–Crippen MR) is 123 cm³/mol. The zero-order chi connectivity index (χ0) is 21.2. The number of nitrogens with zero attached hydrogens (tertiary/aromatic N) is 3. The molecule has 31 heavy (non-hydrogen) atoms. The summed E-state index contributed by atoms with van der Waals surface area (Å²) in [6, 6.07) is 16.7. The summed E-state index contributed by atoms with van der Waals surface area (Å²) in [5.41, 5.74) is 2.82. The quantitative estimate of drug-likeness (QED) is 0.514. The number of piperazine rings is 1. The number of aromatic amines is 1. The summed E-state index contributed by atoms with van der Waals surface area (Å²) in [4.78, 5) is 26.0. The Bertz CT molecular complexity index is 1230. The highest BCUT2D eigenvalue weighted by Crippen LogP contribution is 2.30. The van der Waals surface area contributed by atoms with Crippen molar-refractivity contribution < 1.29 is 4.39 Å². The van der Waals surface area contributed by atoms with E-state index in [4.69, 9.17) is 4.98 Å². The lowest BCUT2D eigenvalue weighted by molar-refractivity contribution is 0.120. The highest BCUT2D eigenvalue weighted by Gasteiger charge is 2.19. The molecule has 2 aromatic heterocycles. The van der Waals surface area contributed by atoms with E-state index in [-0.39, 0.29) is 11.4 Å². The van der Waals surface area contributed by atoms with Crippen molar-refractivity contribution in [1.29, 1.82) is 0 Å². The van der Waals surface area contributed by atoms with E-state index < -0.39 is 0 Å². The number of hydrogen-bond acceptors (Lipinski definition) is 5. The van der Waals surface area contributed by atoms with Crippen LogP contribution in [-0.4, -0.2) is 45.9 Å². The third kappa shape index (κ3) is 4.44. The molecule has 4 aromatic rings. The molecule has 5 rings (SSSR count). The van der Waals surface area contributed by atoms with Gasteiger partial charge in [-0.25, -0.2) is 9.37 Å². The second kappa shape index (κ2) is 8.70. The summed E-state index contributed by atoms with van der Waals surface area (Å²) >= 11 is 1.45. The monoisotopic (exact) mass is 434 g/mol. The molecule has 1 fully saturated rings. The van der Waals surface area contributed by atoms with E-state index in [1.807, 2.05) is 11.4 Å². The molecule has 1 aliphatic rings. The lowest BCUT2D eigenvalue weighted by atomic mass is 10.1. The van der Waals surface area contributed by atoms with E-state index >= 15 is 0 Å². The van der Waals surface area contributed by atoms with Crippen molar-refractivity contribution in [3.05, 3.63) is 87.5 Å². The van der Waals surface area contributed by atoms with Crippen LogP contribution in [0.3, 0.4) is 0 Å². The Morgan fingerprint density at radius 3 is 2.32 bits per heavy atom. The van der Waals surface area contributed by atoms with Crippen LogP contribution in [-0.2, 0) is 13.1 Å². The van der Waals surface area contributed by atoms with Crippen LogP contribution in [0.4, 0.5) is 4.39 Å². The SMILES string of the molecule is O=c1[nH]c(CN2CCN(Cc3ccccc3)CC2)nc2scc(-c3ccc(F)cc3)c12. The Balaban J connectivity index is 1.27. The van der Waals surface area contributed by atoms with Gasteiger partial charge in [0.25, 0.3) is 5.56 Å². The molecule has 5 nitrogen and oxygen atoms in total. The van der Waals surface area contributed by atoms with Crippen LogP contribution in [0.5, 0.6) is 0 Å². The Morgan fingerprint density at radius 2 is 1.61 bits per heavy atom. The van der Waals surface area contributed by atoms with Crippen LogP contribution in [0.2, 0.25) is 0 Å². The molecule has 7 heteroatoms. The van der Waals surface area contributed by atoms with Gasteiger partial charge in [0.1, 0.15) is 16.5 Å². The Hall–Kier alpha value is -2.87. The number of halogens is 1. The molecule has 0 aliphatic carbocycles. The van der Waals surface area contributed by atoms with Crippen molar-refractivity contribution >= 4 is 21.6 Å². The third-order valence-corrected chi connectivity index (χ3v) is 6.61. The fraction of sp³-hybridized carbons (Fsp3) is 0.250. The molecule has 0 atom stereocenters. The molecule has 1 saturated heterocycles. The maximum atomic E-state index is 13.2. The second-order valence-electron chi connectivity index (χ2n) is 7.89. The predicted octanol–water partition coefficient (Wildman–Crippen LogP) is 4.11. The molecule has 0 bridgehead atoms. The van der Waals surface area contributed by atoms with Gasteiger partial charge in [0.05, 0.1) is 11.9 Å². The van der Waals surface area contributed by atoms with Crippen molar-refractivity contribution in [2.45, 2.75) is 13.1 Å². The van der Waals surface area contributed by atoms with Gasteiger partial charge >= 0.3 is 0 Å². The molecular weight excluding hydrogens is 411 g/mol. The number of H-pyrrole nitrogens is 1. The molecule has 0 saturated carbocycles. The number of aromatic nitrogens is 2. The topological polar surface area (TPSA) is 52.2 Å². The highest BCUT2D eigenvalue weighted by molar-refractivity contribution is 7.17. The zero-order valence-electron chi connectivity index (χ0n) is 17.1. The number of nitrogens with one attached hydrogen (secondary N) is 1. The van der Waals surface area contributed by atoms with Gasteiger partial charge in [-0.05, 0) is 23.3 Å². The minimum Gasteiger partial charge on any atom is -0.309 e. The van der Waals surface area contributed by atoms with E-state index in [1.165, 1.54) is 29.0 Å². The van der Waals surface area contributed by atoms with Crippen LogP contribution in [0.25, 0.3) is 21.3 Å². The summed E-state index contributed by atoms with van der Waals surface area (Å²) in [6.07, 6.45) is 0. The van der Waals surface area contributed by atoms with Gasteiger partial charge in [-0.15, -0.1) is 11.3 Å². The second-order valence-corrected chi connectivity index (χ2v) is 8.75. The first-order valence-electron chi connectivity index (χ1n) is 10.4. The maximum Gasteiger partial charge on any atom is 0.260 e. The molecule has 0 radical (unpaired) electrons. The molecule has 0 spiro atoms. The first-order valence-corrected chi connectivity index (χ1v) is 11.3. The number of fused-ring (bicyclic) bond motifs is 1. The Kier molecular flexibility index (Phi) is 5.63. The minimum atomic E-state index is -0.290. The standard InChI is InChI=1S/C24H23FN4OS/c25-19-8-6-18(7-9-19)20-16-31-24-22(20)23(30)26-21(27-24)15-29-12-10-28(11-13-29)14-17-4-2-1-3-5-17/h1-9,16H,10-15H2,(H,26,27,30). The van der Waals surface area contributed by atoms with Crippen molar-refractivity contribution in [1.82, 2.24) is 19.8 Å². The van der Waals surface area contributed by atoms with Crippen molar-refractivity contribution in [3.8, 4) is 11.1 Å². The van der Waals surface area contributed by atoms with E-state index in [0.29, 0.717) is 17.8 Å². The zero-order valence-corrected chi connectivity index (χ0v) is 17.9. The van der Waals surface area contributed by atoms with E-state index in [0.717, 1.165) is 48.7 Å². The van der Waals surface area contributed by atoms with Crippen molar-refractivity contribution in [3.63, 3.8) is 0 Å². The fourth-order valence-corrected chi connectivity index (χ4v) is 5.04. The van der Waals surface area contributed by atoms with Gasteiger partial charge in [0, 0.05) is 43.7 Å². The van der Waals surface area contributed by atoms with Gasteiger partial charge in [-0.1, -0.05) is 42.5 Å². The van der Waals surface area contributed by atoms with Crippen LogP contribution in [0.1, 0.15) is 11.4 Å². The maximum absolute atomic E-state index is 13.2. The van der Waals surface area contributed by atoms with E-state index in [1.54, 1.807) is 12.1 Å². The minimum absolute atomic E-state index is 0.136. The summed E-state index contributed by atoms with van der Waals surface area (Å²) in [7, 11) is 0. The molecule has 0 amide bonds. The molecule has 2 aromatic carbocycles. The summed E-state index contributed by atoms with van der Waals surface area (Å²) in [5, 5.41) is 2.50. The van der Waals surface area contributed by atoms with Gasteiger partial charge in [0.2, 0.25) is 0 Å². The molecule has 158 valence electrons. The van der Waals surface area contributed by atoms with Crippen molar-refractivity contribution in [2.24, 2.45) is 0 Å². The average molecular weight is 435 g/mol. The van der Waals surface area contributed by atoms with Crippen LogP contribution >= 0.6 is 11.3 Å². The molecule has 3 heterocycles. The fourth-order valence-electron chi connectivity index (χ4n) is 4.07. The smallest absolute Gasteiger partial charge is 0.260 e. The van der Waals surface area contributed by atoms with Gasteiger partial charge in [0.15, 0.2) is 0 Å². The normalized spacial score (nSPS) is 15.5. The van der Waals surface area contributed by atoms with Crippen LogP contribution < -0.4 is 5.56 Å². The number of thiophene rings is 1. The lowest BCUT2D eigenvalue weighted by Crippen LogP contribution is -2.45. The van der Waals surface area contributed by atoms with E-state index in [2.05, 4.69) is 39.0 Å². The Morgan fingerprint density at radius 1 is 0.935 bits per heavy atom. The average Bonchev–Trinajstić information content (AvgIpc) is 3.21. The molecular formula is C24H23FN4OS. The third-order valence-electron chi connectivity index (χ3n) is 5.74. The first-order chi connectivity index (χ1) is 15.2. The van der Waals surface area contributed by atoms with Crippen molar-refractivity contribution in [2.75, 3.05) is 26.2 Å². The van der Waals surface area contributed by atoms with Crippen LogP contribution in [0, 0.1) is 5.82 Å². The Labute approximate surface area is 183 Å². The highest BCUT2D eigenvalue weighted by atomic mass is 32.1. The largest absolute Gasteiger partial charge is 0.309 e. The number of rotatable bonds is 5. The summed E-state index contributed by atoms with van der Waals surface area (Å²) in [6.45, 7) is 5.48. The lowest BCUT2D eigenvalue weighted by Gasteiger charge is -2.34. The van der Waals surface area contributed by atoms with E-state index in [9.17, 15) is 9.18 Å². The van der Waals surface area contributed by atoms with Gasteiger partial charge < -0.3 is 4.98 Å². The number of hydrogen-bond donors (Lipinski definition) is 1. The van der Waals surface area contributed by atoms with Crippen LogP contribution in [0.15, 0.2) is 64.8 Å². The molecule has 1 aliphatic heterocycles.